The summed E-state index contributed by atoms with van der Waals surface area (Å²) in [5.41, 5.74) is 3.42. The molecule has 0 saturated carbocycles. The molecule has 0 spiro atoms. The van der Waals surface area contributed by atoms with E-state index in [2.05, 4.69) is 36.5 Å². The summed E-state index contributed by atoms with van der Waals surface area (Å²) in [7, 11) is 0. The van der Waals surface area contributed by atoms with Crippen LogP contribution in [0.2, 0.25) is 0 Å². The van der Waals surface area contributed by atoms with Gasteiger partial charge in [-0.05, 0) is 42.3 Å². The first kappa shape index (κ1) is 13.9. The number of anilines is 1. The van der Waals surface area contributed by atoms with E-state index in [1.54, 1.807) is 12.1 Å². The van der Waals surface area contributed by atoms with Crippen molar-refractivity contribution in [2.75, 3.05) is 11.9 Å². The smallest absolute Gasteiger partial charge is 0.123 e. The predicted molar refractivity (Wildman–Crippen MR) is 83.4 cm³/mol. The Hall–Kier alpha value is -2.03. The SMILES string of the molecule is CCCc1ccc(NCC2Cc3cc(F)ccc3O2)cc1. The van der Waals surface area contributed by atoms with Crippen molar-refractivity contribution in [1.82, 2.24) is 0 Å². The molecule has 2 aromatic rings. The molecule has 3 heteroatoms. The highest BCUT2D eigenvalue weighted by atomic mass is 19.1. The Morgan fingerprint density at radius 1 is 1.19 bits per heavy atom. The standard InChI is InChI=1S/C18H20FNO/c1-2-3-13-4-7-16(8-5-13)20-12-17-11-14-10-15(19)6-9-18(14)21-17/h4-10,17,20H,2-3,11-12H2,1H3. The van der Waals surface area contributed by atoms with Crippen molar-refractivity contribution < 1.29 is 9.13 Å². The van der Waals surface area contributed by atoms with Crippen LogP contribution in [0.25, 0.3) is 0 Å². The van der Waals surface area contributed by atoms with Crippen molar-refractivity contribution in [3.8, 4) is 5.75 Å². The number of rotatable bonds is 5. The number of halogens is 1. The first-order valence-electron chi connectivity index (χ1n) is 7.52. The normalized spacial score (nSPS) is 16.4. The molecule has 0 fully saturated rings. The molecule has 1 aliphatic heterocycles. The number of hydrogen-bond donors (Lipinski definition) is 1. The van der Waals surface area contributed by atoms with E-state index in [0.29, 0.717) is 0 Å². The average molecular weight is 285 g/mol. The maximum Gasteiger partial charge on any atom is 0.123 e. The molecule has 0 radical (unpaired) electrons. The van der Waals surface area contributed by atoms with E-state index in [-0.39, 0.29) is 11.9 Å². The average Bonchev–Trinajstić information content (AvgIpc) is 2.89. The van der Waals surface area contributed by atoms with E-state index >= 15 is 0 Å². The third-order valence-corrected chi connectivity index (χ3v) is 3.79. The fraction of sp³-hybridized carbons (Fsp3) is 0.333. The molecule has 1 heterocycles. The van der Waals surface area contributed by atoms with Crippen molar-refractivity contribution in [3.63, 3.8) is 0 Å². The molecule has 0 bridgehead atoms. The molecular weight excluding hydrogens is 265 g/mol. The number of benzene rings is 2. The van der Waals surface area contributed by atoms with E-state index in [1.807, 2.05) is 0 Å². The van der Waals surface area contributed by atoms with Gasteiger partial charge in [0.15, 0.2) is 0 Å². The molecule has 1 atom stereocenters. The van der Waals surface area contributed by atoms with Crippen LogP contribution in [0.15, 0.2) is 42.5 Å². The van der Waals surface area contributed by atoms with Crippen LogP contribution in [-0.2, 0) is 12.8 Å². The Kier molecular flexibility index (Phi) is 4.09. The van der Waals surface area contributed by atoms with E-state index in [9.17, 15) is 4.39 Å². The predicted octanol–water partition coefficient (Wildman–Crippen LogP) is 4.19. The van der Waals surface area contributed by atoms with Gasteiger partial charge in [0, 0.05) is 17.7 Å². The van der Waals surface area contributed by atoms with Gasteiger partial charge < -0.3 is 10.1 Å². The quantitative estimate of drug-likeness (QED) is 0.889. The summed E-state index contributed by atoms with van der Waals surface area (Å²) in [5.74, 6) is 0.610. The number of fused-ring (bicyclic) bond motifs is 1. The first-order valence-corrected chi connectivity index (χ1v) is 7.52. The molecule has 21 heavy (non-hydrogen) atoms. The lowest BCUT2D eigenvalue weighted by Crippen LogP contribution is -2.23. The minimum Gasteiger partial charge on any atom is -0.488 e. The molecule has 0 saturated heterocycles. The van der Waals surface area contributed by atoms with Crippen LogP contribution in [0.1, 0.15) is 24.5 Å². The Bertz CT molecular complexity index is 609. The summed E-state index contributed by atoms with van der Waals surface area (Å²) in [6, 6.07) is 13.2. The van der Waals surface area contributed by atoms with Crippen molar-refractivity contribution in [2.45, 2.75) is 32.3 Å². The molecule has 0 aliphatic carbocycles. The van der Waals surface area contributed by atoms with Crippen molar-refractivity contribution in [1.29, 1.82) is 0 Å². The van der Waals surface area contributed by atoms with Gasteiger partial charge in [0.05, 0.1) is 6.54 Å². The van der Waals surface area contributed by atoms with Gasteiger partial charge in [-0.2, -0.15) is 0 Å². The maximum atomic E-state index is 13.2. The largest absolute Gasteiger partial charge is 0.488 e. The van der Waals surface area contributed by atoms with Gasteiger partial charge in [-0.25, -0.2) is 4.39 Å². The summed E-state index contributed by atoms with van der Waals surface area (Å²) in [6.45, 7) is 2.91. The summed E-state index contributed by atoms with van der Waals surface area (Å²) in [5, 5.41) is 3.39. The number of nitrogens with one attached hydrogen (secondary N) is 1. The summed E-state index contributed by atoms with van der Waals surface area (Å²) in [4.78, 5) is 0. The Balaban J connectivity index is 1.55. The van der Waals surface area contributed by atoms with Crippen molar-refractivity contribution in [2.24, 2.45) is 0 Å². The lowest BCUT2D eigenvalue weighted by Gasteiger charge is -2.13. The molecule has 3 rings (SSSR count). The second-order valence-corrected chi connectivity index (χ2v) is 5.52. The van der Waals surface area contributed by atoms with Crippen LogP contribution in [-0.4, -0.2) is 12.6 Å². The second kappa shape index (κ2) is 6.17. The van der Waals surface area contributed by atoms with Gasteiger partial charge in [0.2, 0.25) is 0 Å². The summed E-state index contributed by atoms with van der Waals surface area (Å²) < 4.78 is 19.0. The second-order valence-electron chi connectivity index (χ2n) is 5.52. The Morgan fingerprint density at radius 3 is 2.76 bits per heavy atom. The van der Waals surface area contributed by atoms with E-state index in [4.69, 9.17) is 4.74 Å². The zero-order valence-electron chi connectivity index (χ0n) is 12.2. The third kappa shape index (κ3) is 3.35. The summed E-state index contributed by atoms with van der Waals surface area (Å²) >= 11 is 0. The van der Waals surface area contributed by atoms with Crippen molar-refractivity contribution in [3.05, 3.63) is 59.4 Å². The highest BCUT2D eigenvalue weighted by molar-refractivity contribution is 5.45. The molecule has 2 aromatic carbocycles. The minimum absolute atomic E-state index is 0.0668. The maximum absolute atomic E-state index is 13.2. The fourth-order valence-corrected chi connectivity index (χ4v) is 2.71. The van der Waals surface area contributed by atoms with Crippen LogP contribution in [0.3, 0.4) is 0 Å². The molecule has 1 aliphatic rings. The Labute approximate surface area is 125 Å². The van der Waals surface area contributed by atoms with Crippen LogP contribution in [0.5, 0.6) is 5.75 Å². The highest BCUT2D eigenvalue weighted by Gasteiger charge is 2.22. The molecule has 1 N–H and O–H groups in total. The zero-order valence-corrected chi connectivity index (χ0v) is 12.2. The molecule has 0 amide bonds. The van der Waals surface area contributed by atoms with Crippen LogP contribution in [0, 0.1) is 5.82 Å². The monoisotopic (exact) mass is 285 g/mol. The van der Waals surface area contributed by atoms with E-state index in [1.165, 1.54) is 11.6 Å². The number of ether oxygens (including phenoxy) is 1. The number of hydrogen-bond acceptors (Lipinski definition) is 2. The first-order chi connectivity index (χ1) is 10.2. The van der Waals surface area contributed by atoms with Gasteiger partial charge in [-0.3, -0.25) is 0 Å². The number of aryl methyl sites for hydroxylation is 1. The molecule has 2 nitrogen and oxygen atoms in total. The van der Waals surface area contributed by atoms with Gasteiger partial charge >= 0.3 is 0 Å². The van der Waals surface area contributed by atoms with Gasteiger partial charge in [-0.15, -0.1) is 0 Å². The van der Waals surface area contributed by atoms with Crippen LogP contribution < -0.4 is 10.1 Å². The third-order valence-electron chi connectivity index (χ3n) is 3.79. The van der Waals surface area contributed by atoms with Gasteiger partial charge in [0.1, 0.15) is 17.7 Å². The highest BCUT2D eigenvalue weighted by Crippen LogP contribution is 2.29. The minimum atomic E-state index is -0.197. The molecule has 1 unspecified atom stereocenters. The van der Waals surface area contributed by atoms with Crippen LogP contribution >= 0.6 is 0 Å². The van der Waals surface area contributed by atoms with Crippen molar-refractivity contribution >= 4 is 5.69 Å². The Morgan fingerprint density at radius 2 is 2.00 bits per heavy atom. The fourth-order valence-electron chi connectivity index (χ4n) is 2.71. The zero-order chi connectivity index (χ0) is 14.7. The van der Waals surface area contributed by atoms with Gasteiger partial charge in [0.25, 0.3) is 0 Å². The lowest BCUT2D eigenvalue weighted by molar-refractivity contribution is 0.246. The van der Waals surface area contributed by atoms with E-state index in [0.717, 1.165) is 42.8 Å². The van der Waals surface area contributed by atoms with Crippen LogP contribution in [0.4, 0.5) is 10.1 Å². The molecular formula is C18H20FNO. The van der Waals surface area contributed by atoms with E-state index < -0.39 is 0 Å². The topological polar surface area (TPSA) is 21.3 Å². The lowest BCUT2D eigenvalue weighted by atomic mass is 10.1. The molecule has 0 aromatic heterocycles. The summed E-state index contributed by atoms with van der Waals surface area (Å²) in [6.07, 6.45) is 3.11. The van der Waals surface area contributed by atoms with Gasteiger partial charge in [-0.1, -0.05) is 25.5 Å². The molecule has 110 valence electrons.